The number of nitrogens with zero attached hydrogens (tertiary/aromatic N) is 1. The van der Waals surface area contributed by atoms with Crippen molar-refractivity contribution in [1.82, 2.24) is 4.90 Å². The standard InChI is InChI=1S/C15H21NO4/c1-4-11(2)20-13-7-5-12(6-8-13)15(19)16(3)10-9-14(17)18/h5-8,11H,4,9-10H2,1-3H3,(H,17,18). The zero-order chi connectivity index (χ0) is 15.1. The number of benzene rings is 1. The molecule has 1 amide bonds. The normalized spacial score (nSPS) is 11.8. The van der Waals surface area contributed by atoms with Crippen LogP contribution in [0.1, 0.15) is 37.0 Å². The van der Waals surface area contributed by atoms with E-state index < -0.39 is 5.97 Å². The maximum Gasteiger partial charge on any atom is 0.305 e. The molecule has 0 aliphatic heterocycles. The van der Waals surface area contributed by atoms with Crippen LogP contribution in [0.2, 0.25) is 0 Å². The van der Waals surface area contributed by atoms with E-state index in [0.29, 0.717) is 5.56 Å². The van der Waals surface area contributed by atoms with E-state index in [1.54, 1.807) is 31.3 Å². The Morgan fingerprint density at radius 1 is 1.30 bits per heavy atom. The van der Waals surface area contributed by atoms with Gasteiger partial charge in [0.05, 0.1) is 12.5 Å². The summed E-state index contributed by atoms with van der Waals surface area (Å²) in [5.41, 5.74) is 0.523. The van der Waals surface area contributed by atoms with E-state index in [9.17, 15) is 9.59 Å². The van der Waals surface area contributed by atoms with Gasteiger partial charge in [0.15, 0.2) is 0 Å². The molecule has 0 fully saturated rings. The number of carboxylic acid groups (broad SMARTS) is 1. The van der Waals surface area contributed by atoms with Gasteiger partial charge in [0, 0.05) is 19.2 Å². The Hall–Kier alpha value is -2.04. The van der Waals surface area contributed by atoms with Gasteiger partial charge in [-0.1, -0.05) is 6.92 Å². The number of hydrogen-bond donors (Lipinski definition) is 1. The fraction of sp³-hybridized carbons (Fsp3) is 0.467. The molecule has 0 heterocycles. The highest BCUT2D eigenvalue weighted by atomic mass is 16.5. The fourth-order valence-corrected chi connectivity index (χ4v) is 1.58. The second-order valence-electron chi connectivity index (χ2n) is 4.73. The second kappa shape index (κ2) is 7.53. The van der Waals surface area contributed by atoms with E-state index in [1.807, 2.05) is 13.8 Å². The largest absolute Gasteiger partial charge is 0.491 e. The summed E-state index contributed by atoms with van der Waals surface area (Å²) in [5.74, 6) is -0.382. The summed E-state index contributed by atoms with van der Waals surface area (Å²) in [7, 11) is 1.59. The van der Waals surface area contributed by atoms with Crippen LogP contribution in [0.5, 0.6) is 5.75 Å². The lowest BCUT2D eigenvalue weighted by molar-refractivity contribution is -0.137. The Morgan fingerprint density at radius 3 is 2.40 bits per heavy atom. The highest BCUT2D eigenvalue weighted by Crippen LogP contribution is 2.15. The van der Waals surface area contributed by atoms with Crippen LogP contribution in [-0.4, -0.2) is 41.6 Å². The van der Waals surface area contributed by atoms with E-state index in [0.717, 1.165) is 12.2 Å². The van der Waals surface area contributed by atoms with Gasteiger partial charge in [0.2, 0.25) is 0 Å². The lowest BCUT2D eigenvalue weighted by Crippen LogP contribution is -2.29. The Bertz CT molecular complexity index is 455. The second-order valence-corrected chi connectivity index (χ2v) is 4.73. The van der Waals surface area contributed by atoms with Crippen LogP contribution in [0.3, 0.4) is 0 Å². The van der Waals surface area contributed by atoms with Gasteiger partial charge in [-0.2, -0.15) is 0 Å². The molecular weight excluding hydrogens is 258 g/mol. The van der Waals surface area contributed by atoms with Crippen LogP contribution >= 0.6 is 0 Å². The third kappa shape index (κ3) is 4.91. The molecule has 0 saturated heterocycles. The third-order valence-corrected chi connectivity index (χ3v) is 3.02. The number of carbonyl (C=O) groups excluding carboxylic acids is 1. The summed E-state index contributed by atoms with van der Waals surface area (Å²) in [5, 5.41) is 8.60. The molecule has 0 radical (unpaired) electrons. The number of carboxylic acids is 1. The quantitative estimate of drug-likeness (QED) is 0.832. The number of hydrogen-bond acceptors (Lipinski definition) is 3. The minimum Gasteiger partial charge on any atom is -0.491 e. The van der Waals surface area contributed by atoms with Gasteiger partial charge in [0.1, 0.15) is 5.75 Å². The summed E-state index contributed by atoms with van der Waals surface area (Å²) in [6.45, 7) is 4.22. The molecule has 5 heteroatoms. The van der Waals surface area contributed by atoms with Crippen LogP contribution in [0.25, 0.3) is 0 Å². The number of aliphatic carboxylic acids is 1. The molecule has 0 spiro atoms. The van der Waals surface area contributed by atoms with Gasteiger partial charge >= 0.3 is 5.97 Å². The molecule has 0 bridgehead atoms. The van der Waals surface area contributed by atoms with E-state index in [-0.39, 0.29) is 25.0 Å². The van der Waals surface area contributed by atoms with Crippen molar-refractivity contribution in [3.8, 4) is 5.75 Å². The maximum atomic E-state index is 12.0. The van der Waals surface area contributed by atoms with Gasteiger partial charge in [-0.3, -0.25) is 9.59 Å². The predicted octanol–water partition coefficient (Wildman–Crippen LogP) is 2.41. The monoisotopic (exact) mass is 279 g/mol. The molecular formula is C15H21NO4. The number of ether oxygens (including phenoxy) is 1. The molecule has 20 heavy (non-hydrogen) atoms. The molecule has 1 aromatic carbocycles. The van der Waals surface area contributed by atoms with Gasteiger partial charge in [-0.15, -0.1) is 0 Å². The van der Waals surface area contributed by atoms with E-state index in [4.69, 9.17) is 9.84 Å². The summed E-state index contributed by atoms with van der Waals surface area (Å²) in [6.07, 6.45) is 0.991. The van der Waals surface area contributed by atoms with Crippen LogP contribution in [-0.2, 0) is 4.79 Å². The predicted molar refractivity (Wildman–Crippen MR) is 76.0 cm³/mol. The topological polar surface area (TPSA) is 66.8 Å². The molecule has 0 aromatic heterocycles. The molecule has 1 aromatic rings. The first kappa shape index (κ1) is 16.0. The first-order valence-electron chi connectivity index (χ1n) is 6.68. The van der Waals surface area contributed by atoms with E-state index in [2.05, 4.69) is 0 Å². The van der Waals surface area contributed by atoms with Crippen LogP contribution in [0.15, 0.2) is 24.3 Å². The highest BCUT2D eigenvalue weighted by molar-refractivity contribution is 5.94. The molecule has 0 aliphatic carbocycles. The van der Waals surface area contributed by atoms with Crippen molar-refractivity contribution in [2.45, 2.75) is 32.8 Å². The first-order chi connectivity index (χ1) is 9.43. The van der Waals surface area contributed by atoms with E-state index in [1.165, 1.54) is 4.90 Å². The number of rotatable bonds is 7. The Balaban J connectivity index is 2.63. The first-order valence-corrected chi connectivity index (χ1v) is 6.68. The van der Waals surface area contributed by atoms with Crippen molar-refractivity contribution in [3.05, 3.63) is 29.8 Å². The van der Waals surface area contributed by atoms with Crippen LogP contribution < -0.4 is 4.74 Å². The average molecular weight is 279 g/mol. The lowest BCUT2D eigenvalue weighted by atomic mass is 10.2. The van der Waals surface area contributed by atoms with Crippen molar-refractivity contribution < 1.29 is 19.4 Å². The fourth-order valence-electron chi connectivity index (χ4n) is 1.58. The van der Waals surface area contributed by atoms with Crippen molar-refractivity contribution in [3.63, 3.8) is 0 Å². The lowest BCUT2D eigenvalue weighted by Gasteiger charge is -2.17. The smallest absolute Gasteiger partial charge is 0.305 e. The Morgan fingerprint density at radius 2 is 1.90 bits per heavy atom. The average Bonchev–Trinajstić information content (AvgIpc) is 2.44. The summed E-state index contributed by atoms with van der Waals surface area (Å²) >= 11 is 0. The number of amides is 1. The van der Waals surface area contributed by atoms with Crippen molar-refractivity contribution in [1.29, 1.82) is 0 Å². The highest BCUT2D eigenvalue weighted by Gasteiger charge is 2.13. The molecule has 1 atom stereocenters. The van der Waals surface area contributed by atoms with Gasteiger partial charge in [0.25, 0.3) is 5.91 Å². The summed E-state index contributed by atoms with van der Waals surface area (Å²) in [6, 6.07) is 6.89. The van der Waals surface area contributed by atoms with Gasteiger partial charge < -0.3 is 14.7 Å². The van der Waals surface area contributed by atoms with Crippen LogP contribution in [0, 0.1) is 0 Å². The minimum atomic E-state index is -0.915. The molecule has 5 nitrogen and oxygen atoms in total. The maximum absolute atomic E-state index is 12.0. The number of carbonyl (C=O) groups is 2. The van der Waals surface area contributed by atoms with Crippen molar-refractivity contribution >= 4 is 11.9 Å². The molecule has 110 valence electrons. The SMILES string of the molecule is CCC(C)Oc1ccc(C(=O)N(C)CCC(=O)O)cc1. The van der Waals surface area contributed by atoms with Crippen molar-refractivity contribution in [2.75, 3.05) is 13.6 Å². The zero-order valence-electron chi connectivity index (χ0n) is 12.1. The minimum absolute atomic E-state index is 0.0581. The summed E-state index contributed by atoms with van der Waals surface area (Å²) < 4.78 is 5.64. The van der Waals surface area contributed by atoms with Crippen molar-refractivity contribution in [2.24, 2.45) is 0 Å². The Labute approximate surface area is 119 Å². The van der Waals surface area contributed by atoms with Gasteiger partial charge in [-0.05, 0) is 37.6 Å². The summed E-state index contributed by atoms with van der Waals surface area (Å²) in [4.78, 5) is 23.9. The van der Waals surface area contributed by atoms with Crippen LogP contribution in [0.4, 0.5) is 0 Å². The molecule has 0 aliphatic rings. The molecule has 0 saturated carbocycles. The Kier molecular flexibility index (Phi) is 6.03. The molecule has 1 unspecified atom stereocenters. The third-order valence-electron chi connectivity index (χ3n) is 3.02. The zero-order valence-corrected chi connectivity index (χ0v) is 12.1. The van der Waals surface area contributed by atoms with Gasteiger partial charge in [-0.25, -0.2) is 0 Å². The molecule has 1 rings (SSSR count). The van der Waals surface area contributed by atoms with E-state index >= 15 is 0 Å². The molecule has 1 N–H and O–H groups in total.